The fourth-order valence-corrected chi connectivity index (χ4v) is 2.91. The minimum absolute atomic E-state index is 0.158. The van der Waals surface area contributed by atoms with Crippen molar-refractivity contribution in [2.45, 2.75) is 20.5 Å². The standard InChI is InChI=1S/C25H26N2O3/c1-19-15-20(2)17-24(16-19)29-14-13-27-25(28)11-8-21-6-9-23(10-7-21)30-18-22-5-3-4-12-26-22/h3-12,15-17H,13-14,18H2,1-2H3,(H,27,28)/b11-8+. The van der Waals surface area contributed by atoms with E-state index in [1.54, 1.807) is 12.3 Å². The summed E-state index contributed by atoms with van der Waals surface area (Å²) in [5, 5.41) is 2.82. The van der Waals surface area contributed by atoms with Gasteiger partial charge in [0.15, 0.2) is 0 Å². The molecule has 154 valence electrons. The summed E-state index contributed by atoms with van der Waals surface area (Å²) in [6.07, 6.45) is 5.02. The molecule has 0 aliphatic carbocycles. The predicted octanol–water partition coefficient (Wildman–Crippen LogP) is 4.49. The van der Waals surface area contributed by atoms with Crippen LogP contribution in [0.1, 0.15) is 22.4 Å². The van der Waals surface area contributed by atoms with Crippen molar-refractivity contribution in [3.63, 3.8) is 0 Å². The summed E-state index contributed by atoms with van der Waals surface area (Å²) in [5.41, 5.74) is 4.11. The highest BCUT2D eigenvalue weighted by Crippen LogP contribution is 2.16. The molecule has 30 heavy (non-hydrogen) atoms. The van der Waals surface area contributed by atoms with Crippen LogP contribution in [0.4, 0.5) is 0 Å². The number of aromatic nitrogens is 1. The van der Waals surface area contributed by atoms with E-state index in [0.717, 1.165) is 33.9 Å². The zero-order chi connectivity index (χ0) is 21.2. The van der Waals surface area contributed by atoms with Crippen LogP contribution in [0.2, 0.25) is 0 Å². The van der Waals surface area contributed by atoms with Gasteiger partial charge in [0.2, 0.25) is 5.91 Å². The first-order valence-electron chi connectivity index (χ1n) is 9.88. The van der Waals surface area contributed by atoms with Gasteiger partial charge < -0.3 is 14.8 Å². The quantitative estimate of drug-likeness (QED) is 0.423. The van der Waals surface area contributed by atoms with E-state index in [9.17, 15) is 4.79 Å². The summed E-state index contributed by atoms with van der Waals surface area (Å²) >= 11 is 0. The second-order valence-electron chi connectivity index (χ2n) is 6.98. The van der Waals surface area contributed by atoms with Crippen LogP contribution in [0.5, 0.6) is 11.5 Å². The number of carbonyl (C=O) groups excluding carboxylic acids is 1. The van der Waals surface area contributed by atoms with Crippen molar-refractivity contribution in [3.8, 4) is 11.5 Å². The van der Waals surface area contributed by atoms with E-state index in [4.69, 9.17) is 9.47 Å². The van der Waals surface area contributed by atoms with Crippen LogP contribution in [0, 0.1) is 13.8 Å². The van der Waals surface area contributed by atoms with Gasteiger partial charge in [0.25, 0.3) is 0 Å². The fourth-order valence-electron chi connectivity index (χ4n) is 2.91. The molecule has 0 spiro atoms. The van der Waals surface area contributed by atoms with Gasteiger partial charge in [-0.3, -0.25) is 9.78 Å². The molecule has 3 rings (SSSR count). The largest absolute Gasteiger partial charge is 0.492 e. The third-order valence-electron chi connectivity index (χ3n) is 4.29. The van der Waals surface area contributed by atoms with E-state index in [2.05, 4.69) is 16.4 Å². The van der Waals surface area contributed by atoms with E-state index < -0.39 is 0 Å². The molecular formula is C25H26N2O3. The monoisotopic (exact) mass is 402 g/mol. The van der Waals surface area contributed by atoms with Gasteiger partial charge in [0, 0.05) is 12.3 Å². The van der Waals surface area contributed by atoms with Crippen LogP contribution in [-0.4, -0.2) is 24.0 Å². The molecule has 1 N–H and O–H groups in total. The Balaban J connectivity index is 1.38. The van der Waals surface area contributed by atoms with Gasteiger partial charge in [0.05, 0.1) is 12.2 Å². The van der Waals surface area contributed by atoms with E-state index in [-0.39, 0.29) is 5.91 Å². The number of aryl methyl sites for hydroxylation is 2. The lowest BCUT2D eigenvalue weighted by Gasteiger charge is -2.08. The van der Waals surface area contributed by atoms with Gasteiger partial charge in [-0.2, -0.15) is 0 Å². The highest BCUT2D eigenvalue weighted by molar-refractivity contribution is 5.91. The number of nitrogens with one attached hydrogen (secondary N) is 1. The highest BCUT2D eigenvalue weighted by Gasteiger charge is 2.00. The van der Waals surface area contributed by atoms with Gasteiger partial charge in [-0.1, -0.05) is 24.3 Å². The Morgan fingerprint density at radius 2 is 1.73 bits per heavy atom. The summed E-state index contributed by atoms with van der Waals surface area (Å²) in [5.74, 6) is 1.42. The van der Waals surface area contributed by atoms with Gasteiger partial charge in [-0.15, -0.1) is 0 Å². The molecule has 0 saturated heterocycles. The Kier molecular flexibility index (Phi) is 7.61. The average molecular weight is 402 g/mol. The Labute approximate surface area is 177 Å². The third kappa shape index (κ3) is 7.09. The first kappa shape index (κ1) is 21.1. The van der Waals surface area contributed by atoms with Crippen molar-refractivity contribution >= 4 is 12.0 Å². The Morgan fingerprint density at radius 1 is 0.967 bits per heavy atom. The smallest absolute Gasteiger partial charge is 0.244 e. The molecule has 0 aliphatic rings. The molecule has 0 atom stereocenters. The molecule has 0 saturated carbocycles. The van der Waals surface area contributed by atoms with Gasteiger partial charge in [-0.05, 0) is 73.0 Å². The molecule has 1 aromatic heterocycles. The second-order valence-corrected chi connectivity index (χ2v) is 6.98. The van der Waals surface area contributed by atoms with Crippen LogP contribution in [0.15, 0.2) is 72.9 Å². The van der Waals surface area contributed by atoms with Crippen molar-refractivity contribution in [1.29, 1.82) is 0 Å². The number of hydrogen-bond donors (Lipinski definition) is 1. The number of benzene rings is 2. The topological polar surface area (TPSA) is 60.5 Å². The first-order valence-corrected chi connectivity index (χ1v) is 9.88. The Hall–Kier alpha value is -3.60. The van der Waals surface area contributed by atoms with Crippen LogP contribution in [-0.2, 0) is 11.4 Å². The maximum absolute atomic E-state index is 12.0. The van der Waals surface area contributed by atoms with Crippen LogP contribution in [0.3, 0.4) is 0 Å². The van der Waals surface area contributed by atoms with Crippen LogP contribution >= 0.6 is 0 Å². The Bertz CT molecular complexity index is 963. The molecule has 0 bridgehead atoms. The Morgan fingerprint density at radius 3 is 2.43 bits per heavy atom. The number of pyridine rings is 1. The average Bonchev–Trinajstić information content (AvgIpc) is 2.75. The summed E-state index contributed by atoms with van der Waals surface area (Å²) < 4.78 is 11.4. The molecule has 0 unspecified atom stereocenters. The summed E-state index contributed by atoms with van der Waals surface area (Å²) in [6, 6.07) is 19.3. The van der Waals surface area contributed by atoms with Crippen molar-refractivity contribution < 1.29 is 14.3 Å². The first-order chi connectivity index (χ1) is 14.6. The van der Waals surface area contributed by atoms with Gasteiger partial charge in [0.1, 0.15) is 24.7 Å². The molecule has 0 aliphatic heterocycles. The SMILES string of the molecule is Cc1cc(C)cc(OCCNC(=O)/C=C/c2ccc(OCc3ccccn3)cc2)c1. The number of nitrogens with zero attached hydrogens (tertiary/aromatic N) is 1. The molecule has 1 amide bonds. The molecule has 5 nitrogen and oxygen atoms in total. The number of hydrogen-bond acceptors (Lipinski definition) is 4. The number of carbonyl (C=O) groups is 1. The summed E-state index contributed by atoms with van der Waals surface area (Å²) in [7, 11) is 0. The summed E-state index contributed by atoms with van der Waals surface area (Å²) in [4.78, 5) is 16.2. The zero-order valence-corrected chi connectivity index (χ0v) is 17.3. The molecule has 3 aromatic rings. The van der Waals surface area contributed by atoms with Gasteiger partial charge >= 0.3 is 0 Å². The van der Waals surface area contributed by atoms with Crippen molar-refractivity contribution in [3.05, 3.63) is 95.3 Å². The predicted molar refractivity (Wildman–Crippen MR) is 118 cm³/mol. The number of ether oxygens (including phenoxy) is 2. The normalized spacial score (nSPS) is 10.7. The highest BCUT2D eigenvalue weighted by atomic mass is 16.5. The van der Waals surface area contributed by atoms with Crippen LogP contribution in [0.25, 0.3) is 6.08 Å². The fraction of sp³-hybridized carbons (Fsp3) is 0.200. The molecule has 0 fully saturated rings. The summed E-state index contributed by atoms with van der Waals surface area (Å²) in [6.45, 7) is 5.35. The number of rotatable bonds is 9. The van der Waals surface area contributed by atoms with Crippen molar-refractivity contribution in [1.82, 2.24) is 10.3 Å². The van der Waals surface area contributed by atoms with E-state index >= 15 is 0 Å². The molecular weight excluding hydrogens is 376 g/mol. The van der Waals surface area contributed by atoms with Gasteiger partial charge in [-0.25, -0.2) is 0 Å². The van der Waals surface area contributed by atoms with E-state index in [1.165, 1.54) is 6.08 Å². The van der Waals surface area contributed by atoms with E-state index in [1.807, 2.05) is 68.4 Å². The van der Waals surface area contributed by atoms with Crippen molar-refractivity contribution in [2.24, 2.45) is 0 Å². The van der Waals surface area contributed by atoms with Crippen LogP contribution < -0.4 is 14.8 Å². The molecule has 1 heterocycles. The maximum atomic E-state index is 12.0. The maximum Gasteiger partial charge on any atom is 0.244 e. The minimum Gasteiger partial charge on any atom is -0.492 e. The van der Waals surface area contributed by atoms with Crippen molar-refractivity contribution in [2.75, 3.05) is 13.2 Å². The lowest BCUT2D eigenvalue weighted by molar-refractivity contribution is -0.116. The lowest BCUT2D eigenvalue weighted by atomic mass is 10.1. The molecule has 0 radical (unpaired) electrons. The zero-order valence-electron chi connectivity index (χ0n) is 17.3. The number of amides is 1. The van der Waals surface area contributed by atoms with E-state index in [0.29, 0.717) is 19.8 Å². The lowest BCUT2D eigenvalue weighted by Crippen LogP contribution is -2.26. The molecule has 2 aromatic carbocycles. The molecule has 5 heteroatoms. The third-order valence-corrected chi connectivity index (χ3v) is 4.29. The minimum atomic E-state index is -0.158. The second kappa shape index (κ2) is 10.8.